The Morgan fingerprint density at radius 3 is 2.20 bits per heavy atom. The van der Waals surface area contributed by atoms with Gasteiger partial charge in [-0.2, -0.15) is 0 Å². The van der Waals surface area contributed by atoms with Gasteiger partial charge in [-0.1, -0.05) is 103 Å². The fraction of sp³-hybridized carbons (Fsp3) is 0.185. The van der Waals surface area contributed by atoms with Gasteiger partial charge < -0.3 is 4.74 Å². The molecule has 0 bridgehead atoms. The monoisotopic (exact) mass is 417 g/mol. The van der Waals surface area contributed by atoms with Crippen molar-refractivity contribution in [3.63, 3.8) is 0 Å². The summed E-state index contributed by atoms with van der Waals surface area (Å²) >= 11 is 0. The van der Waals surface area contributed by atoms with Gasteiger partial charge in [-0.25, -0.2) is 0 Å². The van der Waals surface area contributed by atoms with E-state index in [1.54, 1.807) is 0 Å². The average molecular weight is 418 g/mol. The van der Waals surface area contributed by atoms with Crippen molar-refractivity contribution in [3.05, 3.63) is 119 Å². The van der Waals surface area contributed by atoms with Crippen LogP contribution in [0.4, 0.5) is 0 Å². The zero-order chi connectivity index (χ0) is 20.1. The Hall–Kier alpha value is -2.65. The number of hydrogen-bond donors (Lipinski definition) is 0. The fourth-order valence-corrected chi connectivity index (χ4v) is 3.74. The standard InChI is InChI=1S/C27H27NO.ClH/c1-21-15-17-22(18-16-21)20-29-27(24-10-4-3-5-11-24)28(2)19-25-13-8-12-23-9-6-7-14-26(23)25;/h3-18,27H,19-20H2,1-2H3;1H. The van der Waals surface area contributed by atoms with Crippen molar-refractivity contribution in [2.45, 2.75) is 26.3 Å². The Kier molecular flexibility index (Phi) is 7.64. The molecule has 0 aliphatic rings. The van der Waals surface area contributed by atoms with Crippen LogP contribution in [0.2, 0.25) is 0 Å². The third kappa shape index (κ3) is 5.28. The van der Waals surface area contributed by atoms with Crippen molar-refractivity contribution in [2.75, 3.05) is 7.05 Å². The smallest absolute Gasteiger partial charge is 0.137 e. The SMILES string of the molecule is Cc1ccc(COC(c2ccccc2)N(C)Cc2cccc3ccccc23)cc1.Cl. The molecule has 4 rings (SSSR count). The lowest BCUT2D eigenvalue weighted by molar-refractivity contribution is -0.0639. The number of ether oxygens (including phenoxy) is 1. The van der Waals surface area contributed by atoms with Crippen LogP contribution in [-0.2, 0) is 17.9 Å². The van der Waals surface area contributed by atoms with E-state index in [-0.39, 0.29) is 18.6 Å². The molecule has 3 heteroatoms. The van der Waals surface area contributed by atoms with Crippen LogP contribution in [0.15, 0.2) is 97.1 Å². The minimum Gasteiger partial charge on any atom is -0.354 e. The molecule has 0 fully saturated rings. The molecule has 0 aliphatic carbocycles. The van der Waals surface area contributed by atoms with Crippen LogP contribution in [-0.4, -0.2) is 11.9 Å². The first-order chi connectivity index (χ1) is 14.2. The maximum atomic E-state index is 6.43. The zero-order valence-electron chi connectivity index (χ0n) is 17.5. The van der Waals surface area contributed by atoms with Gasteiger partial charge in [-0.05, 0) is 41.4 Å². The highest BCUT2D eigenvalue weighted by Gasteiger charge is 2.19. The Morgan fingerprint density at radius 2 is 1.43 bits per heavy atom. The molecule has 30 heavy (non-hydrogen) atoms. The summed E-state index contributed by atoms with van der Waals surface area (Å²) in [5.74, 6) is 0. The van der Waals surface area contributed by atoms with E-state index >= 15 is 0 Å². The Balaban J connectivity index is 0.00000256. The number of aryl methyl sites for hydroxylation is 1. The van der Waals surface area contributed by atoms with Gasteiger partial charge in [0, 0.05) is 6.54 Å². The molecule has 0 radical (unpaired) electrons. The van der Waals surface area contributed by atoms with Gasteiger partial charge in [-0.3, -0.25) is 4.90 Å². The lowest BCUT2D eigenvalue weighted by Crippen LogP contribution is -2.26. The molecule has 0 amide bonds. The average Bonchev–Trinajstić information content (AvgIpc) is 2.76. The van der Waals surface area contributed by atoms with Gasteiger partial charge >= 0.3 is 0 Å². The third-order valence-corrected chi connectivity index (χ3v) is 5.31. The Labute approximate surface area is 185 Å². The van der Waals surface area contributed by atoms with Crippen molar-refractivity contribution < 1.29 is 4.74 Å². The van der Waals surface area contributed by atoms with Gasteiger partial charge in [0.1, 0.15) is 6.23 Å². The minimum absolute atomic E-state index is 0. The summed E-state index contributed by atoms with van der Waals surface area (Å²) in [6, 6.07) is 34.1. The maximum absolute atomic E-state index is 6.43. The normalized spacial score (nSPS) is 12.0. The number of benzene rings is 4. The molecule has 0 aliphatic heterocycles. The third-order valence-electron chi connectivity index (χ3n) is 5.31. The molecule has 0 saturated carbocycles. The predicted molar refractivity (Wildman–Crippen MR) is 128 cm³/mol. The zero-order valence-corrected chi connectivity index (χ0v) is 18.3. The molecule has 0 heterocycles. The number of halogens is 1. The van der Waals surface area contributed by atoms with E-state index in [1.807, 2.05) is 6.07 Å². The van der Waals surface area contributed by atoms with Crippen LogP contribution in [0.1, 0.15) is 28.5 Å². The number of rotatable bonds is 7. The van der Waals surface area contributed by atoms with E-state index in [0.717, 1.165) is 6.54 Å². The second-order valence-corrected chi connectivity index (χ2v) is 7.61. The fourth-order valence-electron chi connectivity index (χ4n) is 3.74. The van der Waals surface area contributed by atoms with Gasteiger partial charge in [0.25, 0.3) is 0 Å². The van der Waals surface area contributed by atoms with Crippen LogP contribution < -0.4 is 0 Å². The highest BCUT2D eigenvalue weighted by atomic mass is 35.5. The first-order valence-electron chi connectivity index (χ1n) is 10.1. The molecule has 0 N–H and O–H groups in total. The van der Waals surface area contributed by atoms with Gasteiger partial charge in [0.2, 0.25) is 0 Å². The molecule has 2 nitrogen and oxygen atoms in total. The summed E-state index contributed by atoms with van der Waals surface area (Å²) in [4.78, 5) is 2.28. The quantitative estimate of drug-likeness (QED) is 0.302. The number of fused-ring (bicyclic) bond motifs is 1. The van der Waals surface area contributed by atoms with Crippen molar-refractivity contribution >= 4 is 23.2 Å². The highest BCUT2D eigenvalue weighted by Crippen LogP contribution is 2.27. The van der Waals surface area contributed by atoms with E-state index < -0.39 is 0 Å². The van der Waals surface area contributed by atoms with Gasteiger partial charge in [0.15, 0.2) is 0 Å². The summed E-state index contributed by atoms with van der Waals surface area (Å²) in [7, 11) is 2.13. The minimum atomic E-state index is -0.114. The second-order valence-electron chi connectivity index (χ2n) is 7.61. The lowest BCUT2D eigenvalue weighted by atomic mass is 10.0. The van der Waals surface area contributed by atoms with E-state index in [2.05, 4.69) is 110 Å². The van der Waals surface area contributed by atoms with Crippen molar-refractivity contribution in [1.82, 2.24) is 4.90 Å². The van der Waals surface area contributed by atoms with Crippen LogP contribution in [0.25, 0.3) is 10.8 Å². The first-order valence-corrected chi connectivity index (χ1v) is 10.1. The van der Waals surface area contributed by atoms with E-state index in [4.69, 9.17) is 4.74 Å². The Morgan fingerprint density at radius 1 is 0.767 bits per heavy atom. The molecule has 1 atom stereocenters. The summed E-state index contributed by atoms with van der Waals surface area (Å²) in [5, 5.41) is 2.57. The lowest BCUT2D eigenvalue weighted by Gasteiger charge is -2.29. The topological polar surface area (TPSA) is 12.5 Å². The summed E-state index contributed by atoms with van der Waals surface area (Å²) in [5.41, 5.74) is 4.93. The molecule has 4 aromatic rings. The van der Waals surface area contributed by atoms with E-state index in [1.165, 1.54) is 33.0 Å². The molecule has 4 aromatic carbocycles. The van der Waals surface area contributed by atoms with Crippen molar-refractivity contribution in [2.24, 2.45) is 0 Å². The summed E-state index contributed by atoms with van der Waals surface area (Å²) in [6.45, 7) is 3.50. The molecule has 1 unspecified atom stereocenters. The van der Waals surface area contributed by atoms with Crippen molar-refractivity contribution in [1.29, 1.82) is 0 Å². The first kappa shape index (κ1) is 22.0. The second kappa shape index (κ2) is 10.4. The van der Waals surface area contributed by atoms with Crippen molar-refractivity contribution in [3.8, 4) is 0 Å². The summed E-state index contributed by atoms with van der Waals surface area (Å²) < 4.78 is 6.43. The number of hydrogen-bond acceptors (Lipinski definition) is 2. The molecular formula is C27H28ClNO. The van der Waals surface area contributed by atoms with Crippen LogP contribution in [0.5, 0.6) is 0 Å². The maximum Gasteiger partial charge on any atom is 0.137 e. The Bertz CT molecular complexity index is 1060. The molecule has 0 aromatic heterocycles. The van der Waals surface area contributed by atoms with Crippen LogP contribution in [0.3, 0.4) is 0 Å². The van der Waals surface area contributed by atoms with Crippen LogP contribution in [0, 0.1) is 6.92 Å². The van der Waals surface area contributed by atoms with E-state index in [9.17, 15) is 0 Å². The number of nitrogens with zero attached hydrogens (tertiary/aromatic N) is 1. The summed E-state index contributed by atoms with van der Waals surface area (Å²) in [6.07, 6.45) is -0.114. The van der Waals surface area contributed by atoms with E-state index in [0.29, 0.717) is 6.61 Å². The van der Waals surface area contributed by atoms with Crippen LogP contribution >= 0.6 is 12.4 Å². The van der Waals surface area contributed by atoms with Gasteiger partial charge in [-0.15, -0.1) is 12.4 Å². The molecule has 0 spiro atoms. The molecule has 0 saturated heterocycles. The predicted octanol–water partition coefficient (Wildman–Crippen LogP) is 6.92. The largest absolute Gasteiger partial charge is 0.354 e. The molecular weight excluding hydrogens is 390 g/mol. The highest BCUT2D eigenvalue weighted by molar-refractivity contribution is 5.86. The molecule has 154 valence electrons. The van der Waals surface area contributed by atoms with Gasteiger partial charge in [0.05, 0.1) is 6.61 Å².